The second-order valence-electron chi connectivity index (χ2n) is 8.63. The first-order valence-electron chi connectivity index (χ1n) is 9.56. The minimum Gasteiger partial charge on any atom is -0.543 e. The Kier molecular flexibility index (Phi) is 6.93. The lowest BCUT2D eigenvalue weighted by atomic mass is 10.2. The maximum Gasteiger partial charge on any atom is 0.308 e. The van der Waals surface area contributed by atoms with Crippen LogP contribution in [-0.2, 0) is 14.5 Å². The molecule has 2 aromatic rings. The molecule has 0 fully saturated rings. The Morgan fingerprint density at radius 1 is 1.03 bits per heavy atom. The van der Waals surface area contributed by atoms with Crippen LogP contribution in [0.1, 0.15) is 38.1 Å². The number of carbonyl (C=O) groups is 2. The van der Waals surface area contributed by atoms with E-state index in [0.717, 1.165) is 0 Å². The predicted octanol–water partition coefficient (Wildman–Crippen LogP) is 5.29. The quantitative estimate of drug-likeness (QED) is 0.353. The zero-order valence-electron chi connectivity index (χ0n) is 18.5. The summed E-state index contributed by atoms with van der Waals surface area (Å²) in [6, 6.07) is 13.2. The minimum absolute atomic E-state index is 0.0342. The molecule has 162 valence electrons. The van der Waals surface area contributed by atoms with Crippen LogP contribution < -0.4 is 9.16 Å². The standard InChI is InChI=1S/C22H29NO5SSi/c1-16(24)27-20-14-13-17(28-30(6,7)22(2,3)4)15-19(20)21(25)23-29(5,26)18-11-9-8-10-12-18/h8-15H,1-7H3. The first-order valence-corrected chi connectivity index (χ1v) is 14.4. The van der Waals surface area contributed by atoms with Crippen LogP contribution in [0, 0.1) is 0 Å². The van der Waals surface area contributed by atoms with Gasteiger partial charge in [0, 0.05) is 18.1 Å². The molecule has 0 aliphatic carbocycles. The van der Waals surface area contributed by atoms with E-state index in [1.807, 2.05) is 0 Å². The summed E-state index contributed by atoms with van der Waals surface area (Å²) in [4.78, 5) is 24.9. The van der Waals surface area contributed by atoms with Gasteiger partial charge in [0.05, 0.1) is 15.3 Å². The van der Waals surface area contributed by atoms with E-state index in [1.54, 1.807) is 36.4 Å². The normalized spacial score (nSPS) is 13.8. The Morgan fingerprint density at radius 2 is 1.63 bits per heavy atom. The molecule has 6 nitrogen and oxygen atoms in total. The Balaban J connectivity index is 2.53. The van der Waals surface area contributed by atoms with Gasteiger partial charge >= 0.3 is 5.97 Å². The third-order valence-electron chi connectivity index (χ3n) is 5.05. The summed E-state index contributed by atoms with van der Waals surface area (Å²) in [5.41, 5.74) is 0.0342. The molecule has 0 spiro atoms. The number of nitrogens with zero attached hydrogens (tertiary/aromatic N) is 1. The summed E-state index contributed by atoms with van der Waals surface area (Å²) in [5.74, 6) is -0.758. The lowest BCUT2D eigenvalue weighted by Gasteiger charge is -2.36. The lowest BCUT2D eigenvalue weighted by molar-refractivity contribution is -0.131. The number of hydrogen-bond acceptors (Lipinski definition) is 5. The van der Waals surface area contributed by atoms with Crippen LogP contribution in [0.3, 0.4) is 0 Å². The zero-order chi connectivity index (χ0) is 22.7. The molecular formula is C22H29NO5SSi. The minimum atomic E-state index is -2.97. The predicted molar refractivity (Wildman–Crippen MR) is 121 cm³/mol. The summed E-state index contributed by atoms with van der Waals surface area (Å²) in [7, 11) is -5.13. The first-order chi connectivity index (χ1) is 13.7. The van der Waals surface area contributed by atoms with E-state index in [2.05, 4.69) is 38.2 Å². The summed E-state index contributed by atoms with van der Waals surface area (Å²) < 4.78 is 28.4. The van der Waals surface area contributed by atoms with Crippen LogP contribution in [0.2, 0.25) is 18.1 Å². The van der Waals surface area contributed by atoms with Gasteiger partial charge in [-0.25, -0.2) is 4.21 Å². The lowest BCUT2D eigenvalue weighted by Crippen LogP contribution is -2.43. The molecule has 2 rings (SSSR count). The van der Waals surface area contributed by atoms with Gasteiger partial charge in [-0.05, 0) is 48.5 Å². The molecule has 0 bridgehead atoms. The molecule has 0 aliphatic heterocycles. The molecule has 2 aromatic carbocycles. The number of benzene rings is 2. The molecule has 0 saturated heterocycles. The van der Waals surface area contributed by atoms with Gasteiger partial charge in [0.2, 0.25) is 8.32 Å². The van der Waals surface area contributed by atoms with Gasteiger partial charge in [-0.15, -0.1) is 0 Å². The Labute approximate surface area is 179 Å². The molecule has 1 atom stereocenters. The van der Waals surface area contributed by atoms with E-state index >= 15 is 0 Å². The zero-order valence-corrected chi connectivity index (χ0v) is 20.3. The molecular weight excluding hydrogens is 418 g/mol. The third kappa shape index (κ3) is 5.79. The summed E-state index contributed by atoms with van der Waals surface area (Å²) in [6.07, 6.45) is 1.40. The van der Waals surface area contributed by atoms with Gasteiger partial charge < -0.3 is 9.16 Å². The number of carbonyl (C=O) groups excluding carboxylic acids is 2. The van der Waals surface area contributed by atoms with Crippen LogP contribution in [0.25, 0.3) is 0 Å². The SMILES string of the molecule is CC(=O)Oc1ccc(O[Si](C)(C)C(C)(C)C)cc1C(=O)N=S(C)(=O)c1ccccc1. The number of amides is 1. The number of hydrogen-bond donors (Lipinski definition) is 0. The second kappa shape index (κ2) is 8.73. The number of ether oxygens (including phenoxy) is 1. The van der Waals surface area contributed by atoms with Crippen LogP contribution in [0.15, 0.2) is 57.8 Å². The molecule has 30 heavy (non-hydrogen) atoms. The highest BCUT2D eigenvalue weighted by atomic mass is 32.2. The average molecular weight is 448 g/mol. The number of esters is 1. The summed E-state index contributed by atoms with van der Waals surface area (Å²) in [6.45, 7) is 11.8. The van der Waals surface area contributed by atoms with E-state index in [-0.39, 0.29) is 16.4 Å². The molecule has 0 N–H and O–H groups in total. The molecule has 1 unspecified atom stereocenters. The van der Waals surface area contributed by atoms with E-state index in [4.69, 9.17) is 9.16 Å². The fourth-order valence-electron chi connectivity index (χ4n) is 2.36. The van der Waals surface area contributed by atoms with Crippen molar-refractivity contribution in [3.8, 4) is 11.5 Å². The van der Waals surface area contributed by atoms with Crippen molar-refractivity contribution < 1.29 is 23.0 Å². The molecule has 0 aromatic heterocycles. The van der Waals surface area contributed by atoms with Crippen molar-refractivity contribution in [3.05, 3.63) is 54.1 Å². The van der Waals surface area contributed by atoms with Crippen molar-refractivity contribution in [2.24, 2.45) is 4.36 Å². The maximum atomic E-state index is 13.0. The van der Waals surface area contributed by atoms with Gasteiger partial charge in [0.1, 0.15) is 11.5 Å². The average Bonchev–Trinajstić information content (AvgIpc) is 2.61. The Morgan fingerprint density at radius 3 is 2.17 bits per heavy atom. The smallest absolute Gasteiger partial charge is 0.308 e. The molecule has 1 amide bonds. The van der Waals surface area contributed by atoms with Crippen molar-refractivity contribution in [2.75, 3.05) is 6.26 Å². The fraction of sp³-hybridized carbons (Fsp3) is 0.364. The van der Waals surface area contributed by atoms with Crippen molar-refractivity contribution >= 4 is 29.9 Å². The summed E-state index contributed by atoms with van der Waals surface area (Å²) in [5, 5.41) is -0.0405. The van der Waals surface area contributed by atoms with Crippen LogP contribution in [-0.4, -0.2) is 30.7 Å². The molecule has 0 saturated carbocycles. The fourth-order valence-corrected chi connectivity index (χ4v) is 4.57. The molecule has 0 radical (unpaired) electrons. The second-order valence-corrected chi connectivity index (χ2v) is 15.6. The van der Waals surface area contributed by atoms with Crippen molar-refractivity contribution in [1.29, 1.82) is 0 Å². The van der Waals surface area contributed by atoms with Crippen molar-refractivity contribution in [3.63, 3.8) is 0 Å². The Hall–Kier alpha value is -2.45. The van der Waals surface area contributed by atoms with Gasteiger partial charge in [-0.3, -0.25) is 9.59 Å². The Bertz CT molecular complexity index is 1060. The van der Waals surface area contributed by atoms with E-state index < -0.39 is 29.9 Å². The molecule has 0 heterocycles. The van der Waals surface area contributed by atoms with Crippen molar-refractivity contribution in [2.45, 2.75) is 50.7 Å². The van der Waals surface area contributed by atoms with Crippen LogP contribution in [0.4, 0.5) is 0 Å². The topological polar surface area (TPSA) is 82.0 Å². The van der Waals surface area contributed by atoms with Gasteiger partial charge in [0.15, 0.2) is 0 Å². The largest absolute Gasteiger partial charge is 0.543 e. The van der Waals surface area contributed by atoms with E-state index in [0.29, 0.717) is 10.6 Å². The number of rotatable bonds is 5. The van der Waals surface area contributed by atoms with Gasteiger partial charge in [-0.1, -0.05) is 39.0 Å². The van der Waals surface area contributed by atoms with Gasteiger partial charge in [-0.2, -0.15) is 4.36 Å². The van der Waals surface area contributed by atoms with Crippen LogP contribution in [0.5, 0.6) is 11.5 Å². The highest BCUT2D eigenvalue weighted by Gasteiger charge is 2.39. The first kappa shape index (κ1) is 23.8. The van der Waals surface area contributed by atoms with E-state index in [9.17, 15) is 13.8 Å². The van der Waals surface area contributed by atoms with Crippen molar-refractivity contribution in [1.82, 2.24) is 0 Å². The maximum absolute atomic E-state index is 13.0. The van der Waals surface area contributed by atoms with E-state index in [1.165, 1.54) is 25.3 Å². The van der Waals surface area contributed by atoms with Crippen LogP contribution >= 0.6 is 0 Å². The van der Waals surface area contributed by atoms with Gasteiger partial charge in [0.25, 0.3) is 5.91 Å². The third-order valence-corrected chi connectivity index (χ3v) is 11.1. The highest BCUT2D eigenvalue weighted by molar-refractivity contribution is 7.93. The molecule has 0 aliphatic rings. The monoisotopic (exact) mass is 447 g/mol. The summed E-state index contributed by atoms with van der Waals surface area (Å²) >= 11 is 0. The highest BCUT2D eigenvalue weighted by Crippen LogP contribution is 2.38. The molecule has 8 heteroatoms.